The molecule has 148 valence electrons. The molecule has 1 heterocycles. The van der Waals surface area contributed by atoms with Crippen LogP contribution in [0.4, 0.5) is 5.69 Å². The van der Waals surface area contributed by atoms with Crippen molar-refractivity contribution >= 4 is 27.5 Å². The summed E-state index contributed by atoms with van der Waals surface area (Å²) in [5.74, 6) is 1.45. The molecular weight excluding hydrogens is 398 g/mol. The summed E-state index contributed by atoms with van der Waals surface area (Å²) in [6, 6.07) is 4.75. The monoisotopic (exact) mass is 419 g/mol. The number of nitrogens with two attached hydrogens (primary N) is 1. The van der Waals surface area contributed by atoms with Crippen LogP contribution in [0, 0.1) is 0 Å². The van der Waals surface area contributed by atoms with E-state index in [-0.39, 0.29) is 11.1 Å². The Bertz CT molecular complexity index is 1080. The van der Waals surface area contributed by atoms with Gasteiger partial charge in [0.1, 0.15) is 5.82 Å². The summed E-state index contributed by atoms with van der Waals surface area (Å²) in [6.45, 7) is 5.91. The number of nitrogens with zero attached hydrogens (tertiary/aromatic N) is 3. The molecule has 0 atom stereocenters. The molecule has 2 aromatic rings. The molecule has 0 unspecified atom stereocenters. The SMILES string of the molecule is C=C/C(=C\C=C/C)C1(c2nnc(-c3ccc(NS(N)(=O)=O)cc3Cl)n2C)CC1. The first-order valence-corrected chi connectivity index (χ1v) is 10.6. The molecule has 3 rings (SSSR count). The molecule has 1 aliphatic rings. The first-order valence-electron chi connectivity index (χ1n) is 8.68. The lowest BCUT2D eigenvalue weighted by Crippen LogP contribution is -2.21. The predicted molar refractivity (Wildman–Crippen MR) is 112 cm³/mol. The Labute approximate surface area is 169 Å². The highest BCUT2D eigenvalue weighted by atomic mass is 35.5. The van der Waals surface area contributed by atoms with Crippen molar-refractivity contribution in [3.05, 3.63) is 65.5 Å². The van der Waals surface area contributed by atoms with Gasteiger partial charge in [-0.15, -0.1) is 10.2 Å². The maximum Gasteiger partial charge on any atom is 0.296 e. The van der Waals surface area contributed by atoms with Gasteiger partial charge in [-0.2, -0.15) is 8.42 Å². The summed E-state index contributed by atoms with van der Waals surface area (Å²) in [5, 5.41) is 14.1. The minimum Gasteiger partial charge on any atom is -0.313 e. The van der Waals surface area contributed by atoms with Gasteiger partial charge in [0.25, 0.3) is 10.2 Å². The third-order valence-corrected chi connectivity index (χ3v) is 5.60. The first kappa shape index (κ1) is 20.3. The lowest BCUT2D eigenvalue weighted by molar-refractivity contribution is 0.603. The number of rotatable bonds is 7. The van der Waals surface area contributed by atoms with Crippen molar-refractivity contribution in [3.63, 3.8) is 0 Å². The van der Waals surface area contributed by atoms with Gasteiger partial charge < -0.3 is 4.57 Å². The van der Waals surface area contributed by atoms with E-state index in [1.807, 2.05) is 36.8 Å². The molecule has 0 spiro atoms. The normalized spacial score (nSPS) is 16.4. The van der Waals surface area contributed by atoms with Crippen LogP contribution < -0.4 is 9.86 Å². The smallest absolute Gasteiger partial charge is 0.296 e. The van der Waals surface area contributed by atoms with E-state index in [4.69, 9.17) is 16.7 Å². The zero-order chi connectivity index (χ0) is 20.5. The van der Waals surface area contributed by atoms with E-state index in [2.05, 4.69) is 27.6 Å². The largest absolute Gasteiger partial charge is 0.313 e. The number of nitrogens with one attached hydrogen (secondary N) is 1. The van der Waals surface area contributed by atoms with E-state index in [9.17, 15) is 8.42 Å². The van der Waals surface area contributed by atoms with Crippen LogP contribution >= 0.6 is 11.6 Å². The van der Waals surface area contributed by atoms with Gasteiger partial charge in [-0.3, -0.25) is 4.72 Å². The van der Waals surface area contributed by atoms with Crippen LogP contribution in [0.1, 0.15) is 25.6 Å². The van der Waals surface area contributed by atoms with Crippen LogP contribution in [0.15, 0.2) is 54.7 Å². The average Bonchev–Trinajstić information content (AvgIpc) is 3.31. The minimum absolute atomic E-state index is 0.192. The summed E-state index contributed by atoms with van der Waals surface area (Å²) in [6.07, 6.45) is 9.82. The molecular formula is C19H22ClN5O2S. The number of anilines is 1. The zero-order valence-corrected chi connectivity index (χ0v) is 17.3. The number of hydrogen-bond acceptors (Lipinski definition) is 4. The summed E-state index contributed by atoms with van der Waals surface area (Å²) >= 11 is 6.37. The molecule has 28 heavy (non-hydrogen) atoms. The van der Waals surface area contributed by atoms with Crippen LogP contribution in [-0.2, 0) is 22.7 Å². The fourth-order valence-electron chi connectivity index (χ4n) is 3.29. The molecule has 7 nitrogen and oxygen atoms in total. The number of allylic oxidation sites excluding steroid dienone is 5. The van der Waals surface area contributed by atoms with Gasteiger partial charge in [-0.1, -0.05) is 42.5 Å². The molecule has 1 aliphatic carbocycles. The Kier molecular flexibility index (Phi) is 5.47. The Morgan fingerprint density at radius 2 is 2.11 bits per heavy atom. The van der Waals surface area contributed by atoms with Crippen molar-refractivity contribution in [2.24, 2.45) is 12.2 Å². The molecule has 1 aromatic heterocycles. The summed E-state index contributed by atoms with van der Waals surface area (Å²) in [7, 11) is -1.97. The van der Waals surface area contributed by atoms with Crippen molar-refractivity contribution < 1.29 is 8.42 Å². The van der Waals surface area contributed by atoms with Crippen molar-refractivity contribution in [2.45, 2.75) is 25.2 Å². The van der Waals surface area contributed by atoms with Gasteiger partial charge in [0.05, 0.1) is 16.1 Å². The maximum absolute atomic E-state index is 11.2. The Morgan fingerprint density at radius 1 is 1.39 bits per heavy atom. The Morgan fingerprint density at radius 3 is 2.64 bits per heavy atom. The van der Waals surface area contributed by atoms with Gasteiger partial charge in [0.2, 0.25) is 0 Å². The van der Waals surface area contributed by atoms with Gasteiger partial charge in [-0.05, 0) is 43.5 Å². The highest BCUT2D eigenvalue weighted by molar-refractivity contribution is 7.90. The van der Waals surface area contributed by atoms with E-state index >= 15 is 0 Å². The summed E-state index contributed by atoms with van der Waals surface area (Å²) in [5.41, 5.74) is 1.84. The molecule has 0 bridgehead atoms. The highest BCUT2D eigenvalue weighted by Gasteiger charge is 2.50. The summed E-state index contributed by atoms with van der Waals surface area (Å²) in [4.78, 5) is 0. The van der Waals surface area contributed by atoms with Gasteiger partial charge in [0, 0.05) is 12.6 Å². The minimum atomic E-state index is -3.87. The molecule has 0 radical (unpaired) electrons. The Hall–Kier alpha value is -2.42. The second-order valence-electron chi connectivity index (χ2n) is 6.68. The third kappa shape index (κ3) is 3.89. The molecule has 0 aliphatic heterocycles. The van der Waals surface area contributed by atoms with Crippen molar-refractivity contribution in [3.8, 4) is 11.4 Å². The van der Waals surface area contributed by atoms with Crippen molar-refractivity contribution in [1.29, 1.82) is 0 Å². The third-order valence-electron chi connectivity index (χ3n) is 4.76. The molecule has 1 fully saturated rings. The van der Waals surface area contributed by atoms with Crippen LogP contribution in [-0.4, -0.2) is 23.2 Å². The quantitative estimate of drug-likeness (QED) is 0.670. The van der Waals surface area contributed by atoms with E-state index in [1.54, 1.807) is 12.1 Å². The second kappa shape index (κ2) is 7.54. The predicted octanol–water partition coefficient (Wildman–Crippen LogP) is 3.47. The van der Waals surface area contributed by atoms with E-state index in [0.29, 0.717) is 16.4 Å². The molecule has 1 aromatic carbocycles. The van der Waals surface area contributed by atoms with E-state index < -0.39 is 10.2 Å². The summed E-state index contributed by atoms with van der Waals surface area (Å²) < 4.78 is 26.5. The van der Waals surface area contributed by atoms with Crippen LogP contribution in [0.2, 0.25) is 5.02 Å². The van der Waals surface area contributed by atoms with E-state index in [1.165, 1.54) is 6.07 Å². The number of hydrogen-bond donors (Lipinski definition) is 2. The zero-order valence-electron chi connectivity index (χ0n) is 15.7. The van der Waals surface area contributed by atoms with E-state index in [0.717, 1.165) is 24.2 Å². The molecule has 0 saturated heterocycles. The first-order chi connectivity index (χ1) is 13.2. The topological polar surface area (TPSA) is 103 Å². The lowest BCUT2D eigenvalue weighted by Gasteiger charge is -2.16. The molecule has 9 heteroatoms. The van der Waals surface area contributed by atoms with Gasteiger partial charge in [0.15, 0.2) is 5.82 Å². The number of halogens is 1. The number of benzene rings is 1. The van der Waals surface area contributed by atoms with Crippen LogP contribution in [0.25, 0.3) is 11.4 Å². The maximum atomic E-state index is 11.2. The fraction of sp³-hybridized carbons (Fsp3) is 0.263. The second-order valence-corrected chi connectivity index (χ2v) is 8.38. The van der Waals surface area contributed by atoms with Crippen molar-refractivity contribution in [1.82, 2.24) is 14.8 Å². The van der Waals surface area contributed by atoms with Gasteiger partial charge in [-0.25, -0.2) is 5.14 Å². The fourth-order valence-corrected chi connectivity index (χ4v) is 4.01. The standard InChI is InChI=1S/C19H22ClN5O2S/c1-4-6-7-13(5-2)19(10-11-19)18-23-22-17(25(18)3)15-9-8-14(12-16(15)20)24-28(21,26)27/h4-9,12,24H,2,10-11H2,1,3H3,(H2,21,26,27)/b6-4-,13-7+. The van der Waals surface area contributed by atoms with Crippen LogP contribution in [0.5, 0.6) is 0 Å². The molecule has 0 amide bonds. The van der Waals surface area contributed by atoms with Crippen molar-refractivity contribution in [2.75, 3.05) is 4.72 Å². The molecule has 1 saturated carbocycles. The lowest BCUT2D eigenvalue weighted by atomic mass is 9.94. The molecule has 3 N–H and O–H groups in total. The average molecular weight is 420 g/mol. The van der Waals surface area contributed by atoms with Gasteiger partial charge >= 0.3 is 0 Å². The van der Waals surface area contributed by atoms with Crippen LogP contribution in [0.3, 0.4) is 0 Å². The Balaban J connectivity index is 1.99. The number of aromatic nitrogens is 3. The highest BCUT2D eigenvalue weighted by Crippen LogP contribution is 2.53.